The van der Waals surface area contributed by atoms with E-state index in [4.69, 9.17) is 16.3 Å². The average molecular weight is 405 g/mol. The van der Waals surface area contributed by atoms with Gasteiger partial charge in [-0.3, -0.25) is 4.90 Å². The van der Waals surface area contributed by atoms with Crippen LogP contribution in [-0.4, -0.2) is 64.0 Å². The lowest BCUT2D eigenvalue weighted by atomic mass is 10.1. The van der Waals surface area contributed by atoms with Gasteiger partial charge in [-0.25, -0.2) is 4.68 Å². The van der Waals surface area contributed by atoms with Crippen LogP contribution in [0.5, 0.6) is 0 Å². The van der Waals surface area contributed by atoms with Crippen LogP contribution < -0.4 is 4.90 Å². The van der Waals surface area contributed by atoms with Crippen LogP contribution in [0.2, 0.25) is 5.02 Å². The van der Waals surface area contributed by atoms with Crippen LogP contribution in [0.1, 0.15) is 44.5 Å². The first kappa shape index (κ1) is 19.6. The highest BCUT2D eigenvalue weighted by molar-refractivity contribution is 6.30. The molecule has 28 heavy (non-hydrogen) atoms. The Labute approximate surface area is 171 Å². The Balaban J connectivity index is 1.44. The van der Waals surface area contributed by atoms with Crippen LogP contribution in [0.4, 0.5) is 5.69 Å². The molecular weight excluding hydrogens is 376 g/mol. The zero-order valence-electron chi connectivity index (χ0n) is 16.5. The molecule has 2 aliphatic rings. The van der Waals surface area contributed by atoms with Crippen molar-refractivity contribution in [1.29, 1.82) is 0 Å². The molecule has 0 amide bonds. The van der Waals surface area contributed by atoms with Gasteiger partial charge in [0, 0.05) is 43.5 Å². The summed E-state index contributed by atoms with van der Waals surface area (Å²) >= 11 is 6.17. The van der Waals surface area contributed by atoms with E-state index in [0.29, 0.717) is 0 Å². The Bertz CT molecular complexity index is 755. The fraction of sp³-hybridized carbons (Fsp3) is 0.650. The quantitative estimate of drug-likeness (QED) is 0.706. The van der Waals surface area contributed by atoms with Crippen molar-refractivity contribution in [3.05, 3.63) is 35.1 Å². The molecule has 2 fully saturated rings. The molecule has 8 heteroatoms. The van der Waals surface area contributed by atoms with Gasteiger partial charge in [0.05, 0.1) is 18.7 Å². The summed E-state index contributed by atoms with van der Waals surface area (Å²) in [5.41, 5.74) is 1.20. The fourth-order valence-electron chi connectivity index (χ4n) is 4.27. The van der Waals surface area contributed by atoms with E-state index in [-0.39, 0.29) is 12.1 Å². The maximum Gasteiger partial charge on any atom is 0.168 e. The topological polar surface area (TPSA) is 59.3 Å². The highest BCUT2D eigenvalue weighted by Gasteiger charge is 2.29. The van der Waals surface area contributed by atoms with Crippen molar-refractivity contribution in [3.63, 3.8) is 0 Å². The van der Waals surface area contributed by atoms with Gasteiger partial charge >= 0.3 is 0 Å². The van der Waals surface area contributed by atoms with E-state index < -0.39 is 0 Å². The number of halogens is 1. The largest absolute Gasteiger partial charge is 0.376 e. The predicted molar refractivity (Wildman–Crippen MR) is 110 cm³/mol. The number of rotatable bonds is 7. The maximum absolute atomic E-state index is 6.17. The minimum atomic E-state index is 0.240. The van der Waals surface area contributed by atoms with Gasteiger partial charge in [0.1, 0.15) is 0 Å². The molecule has 0 N–H and O–H groups in total. The molecule has 1 aromatic heterocycles. The number of tetrazole rings is 1. The maximum atomic E-state index is 6.17. The van der Waals surface area contributed by atoms with E-state index in [1.807, 2.05) is 22.9 Å². The van der Waals surface area contributed by atoms with Crippen molar-refractivity contribution >= 4 is 17.3 Å². The zero-order valence-corrected chi connectivity index (χ0v) is 17.3. The third-order valence-corrected chi connectivity index (χ3v) is 5.98. The number of hydrogen-bond acceptors (Lipinski definition) is 6. The lowest BCUT2D eigenvalue weighted by molar-refractivity contribution is 0.0891. The molecule has 4 rings (SSSR count). The summed E-state index contributed by atoms with van der Waals surface area (Å²) in [7, 11) is 0. The molecule has 2 atom stereocenters. The van der Waals surface area contributed by atoms with Gasteiger partial charge in [-0.1, -0.05) is 31.0 Å². The molecule has 0 bridgehead atoms. The molecular formula is C20H29ClN6O. The lowest BCUT2D eigenvalue weighted by Gasteiger charge is -2.39. The molecule has 0 spiro atoms. The summed E-state index contributed by atoms with van der Waals surface area (Å²) < 4.78 is 7.76. The number of nitrogens with zero attached hydrogens (tertiary/aromatic N) is 6. The van der Waals surface area contributed by atoms with Crippen LogP contribution in [0.25, 0.3) is 0 Å². The highest BCUT2D eigenvalue weighted by atomic mass is 35.5. The first-order valence-electron chi connectivity index (χ1n) is 10.4. The molecule has 2 aromatic rings. The summed E-state index contributed by atoms with van der Waals surface area (Å²) in [6.07, 6.45) is 4.63. The summed E-state index contributed by atoms with van der Waals surface area (Å²) in [5, 5.41) is 13.5. The van der Waals surface area contributed by atoms with E-state index in [9.17, 15) is 0 Å². The Morgan fingerprint density at radius 2 is 2.11 bits per heavy atom. The van der Waals surface area contributed by atoms with Crippen molar-refractivity contribution in [2.45, 2.75) is 51.3 Å². The molecule has 7 nitrogen and oxygen atoms in total. The summed E-state index contributed by atoms with van der Waals surface area (Å²) in [4.78, 5) is 4.93. The first-order chi connectivity index (χ1) is 13.7. The molecule has 2 aliphatic heterocycles. The Morgan fingerprint density at radius 1 is 1.25 bits per heavy atom. The van der Waals surface area contributed by atoms with Gasteiger partial charge in [0.2, 0.25) is 0 Å². The second-order valence-electron chi connectivity index (χ2n) is 7.66. The minimum Gasteiger partial charge on any atom is -0.376 e. The van der Waals surface area contributed by atoms with E-state index in [1.54, 1.807) is 0 Å². The van der Waals surface area contributed by atoms with Gasteiger partial charge in [-0.2, -0.15) is 0 Å². The lowest BCUT2D eigenvalue weighted by Crippen LogP contribution is -2.48. The monoisotopic (exact) mass is 404 g/mol. The van der Waals surface area contributed by atoms with Crippen molar-refractivity contribution in [2.75, 3.05) is 37.7 Å². The van der Waals surface area contributed by atoms with Crippen LogP contribution in [0.15, 0.2) is 24.3 Å². The van der Waals surface area contributed by atoms with Gasteiger partial charge in [0.25, 0.3) is 0 Å². The third-order valence-electron chi connectivity index (χ3n) is 5.75. The van der Waals surface area contributed by atoms with Crippen molar-refractivity contribution in [3.8, 4) is 0 Å². The van der Waals surface area contributed by atoms with E-state index in [0.717, 1.165) is 75.9 Å². The Morgan fingerprint density at radius 3 is 2.82 bits per heavy atom. The minimum absolute atomic E-state index is 0.240. The van der Waals surface area contributed by atoms with Crippen molar-refractivity contribution < 1.29 is 4.74 Å². The van der Waals surface area contributed by atoms with Crippen LogP contribution in [-0.2, 0) is 11.3 Å². The van der Waals surface area contributed by atoms with Crippen LogP contribution in [0, 0.1) is 0 Å². The molecule has 2 saturated heterocycles. The van der Waals surface area contributed by atoms with Crippen molar-refractivity contribution in [2.24, 2.45) is 0 Å². The highest BCUT2D eigenvalue weighted by Crippen LogP contribution is 2.28. The number of anilines is 1. The van der Waals surface area contributed by atoms with Gasteiger partial charge in [0.15, 0.2) is 5.82 Å². The van der Waals surface area contributed by atoms with Crippen molar-refractivity contribution in [1.82, 2.24) is 25.1 Å². The molecule has 0 unspecified atom stereocenters. The molecule has 152 valence electrons. The molecule has 1 aromatic carbocycles. The normalized spacial score (nSPS) is 21.9. The average Bonchev–Trinajstić information content (AvgIpc) is 3.39. The first-order valence-corrected chi connectivity index (χ1v) is 10.7. The second kappa shape index (κ2) is 9.20. The summed E-state index contributed by atoms with van der Waals surface area (Å²) in [5.74, 6) is 0.980. The Hall–Kier alpha value is -1.70. The SMILES string of the molecule is CCC[C@@H](c1nnnn1C[C@H]1CCCO1)N1CCN(c2cccc(Cl)c2)CC1. The van der Waals surface area contributed by atoms with E-state index in [2.05, 4.69) is 38.3 Å². The second-order valence-corrected chi connectivity index (χ2v) is 8.10. The number of aromatic nitrogens is 4. The molecule has 3 heterocycles. The number of ether oxygens (including phenoxy) is 1. The van der Waals surface area contributed by atoms with Crippen LogP contribution in [0.3, 0.4) is 0 Å². The fourth-order valence-corrected chi connectivity index (χ4v) is 4.46. The third kappa shape index (κ3) is 4.47. The van der Waals surface area contributed by atoms with Gasteiger partial charge < -0.3 is 9.64 Å². The van der Waals surface area contributed by atoms with E-state index in [1.165, 1.54) is 5.69 Å². The number of hydrogen-bond donors (Lipinski definition) is 0. The standard InChI is InChI=1S/C20H29ClN6O/c1-2-5-19(20-22-23-24-27(20)15-18-8-4-13-28-18)26-11-9-25(10-12-26)17-7-3-6-16(21)14-17/h3,6-7,14,18-19H,2,4-5,8-13,15H2,1H3/t18-,19+/m1/s1. The zero-order chi connectivity index (χ0) is 19.3. The smallest absolute Gasteiger partial charge is 0.168 e. The molecule has 0 aliphatic carbocycles. The summed E-state index contributed by atoms with van der Waals surface area (Å²) in [6.45, 7) is 7.77. The Kier molecular flexibility index (Phi) is 6.44. The van der Waals surface area contributed by atoms with Crippen LogP contribution >= 0.6 is 11.6 Å². The molecule has 0 saturated carbocycles. The van der Waals surface area contributed by atoms with Gasteiger partial charge in [-0.15, -0.1) is 5.10 Å². The molecule has 0 radical (unpaired) electrons. The number of benzene rings is 1. The predicted octanol–water partition coefficient (Wildman–Crippen LogP) is 3.17. The number of piperazine rings is 1. The van der Waals surface area contributed by atoms with E-state index >= 15 is 0 Å². The summed E-state index contributed by atoms with van der Waals surface area (Å²) in [6, 6.07) is 8.37. The van der Waals surface area contributed by atoms with Gasteiger partial charge in [-0.05, 0) is 47.9 Å².